The van der Waals surface area contributed by atoms with E-state index >= 15 is 0 Å². The van der Waals surface area contributed by atoms with Gasteiger partial charge < -0.3 is 4.74 Å². The van der Waals surface area contributed by atoms with Gasteiger partial charge >= 0.3 is 0 Å². The van der Waals surface area contributed by atoms with Crippen molar-refractivity contribution in [2.24, 2.45) is 5.92 Å². The minimum absolute atomic E-state index is 0.0435. The van der Waals surface area contributed by atoms with Crippen molar-refractivity contribution >= 4 is 21.3 Å². The van der Waals surface area contributed by atoms with Gasteiger partial charge in [0.15, 0.2) is 9.84 Å². The van der Waals surface area contributed by atoms with Gasteiger partial charge in [-0.2, -0.15) is 0 Å². The number of rotatable bonds is 4. The molecule has 0 bridgehead atoms. The Balaban J connectivity index is 2.45. The highest BCUT2D eigenvalue weighted by molar-refractivity contribution is 7.90. The molecule has 1 fully saturated rings. The van der Waals surface area contributed by atoms with Gasteiger partial charge in [0.1, 0.15) is 10.6 Å². The summed E-state index contributed by atoms with van der Waals surface area (Å²) < 4.78 is 29.5. The number of hydrazine groups is 1. The number of allylic oxidation sites excluding steroid dienone is 1. The molecule has 1 aliphatic heterocycles. The summed E-state index contributed by atoms with van der Waals surface area (Å²) in [5, 5.41) is 0. The van der Waals surface area contributed by atoms with Crippen molar-refractivity contribution in [3.8, 4) is 5.75 Å². The van der Waals surface area contributed by atoms with Gasteiger partial charge in [0.2, 0.25) is 5.91 Å². The smallest absolute Gasteiger partial charge is 0.234 e. The number of benzene rings is 1. The van der Waals surface area contributed by atoms with E-state index in [4.69, 9.17) is 4.74 Å². The second kappa shape index (κ2) is 6.72. The summed E-state index contributed by atoms with van der Waals surface area (Å²) in [6.45, 7) is 3.83. The standard InChI is InChI=1S/C16H22N2O4S/c1-10(8-13-11(2)9-15(19)18-17-13)12-6-5-7-14(22-3)16(12)23(4,20)21/h5-8,11,13,17H,9H2,1-4H3,(H,18,19)/b10-8+. The van der Waals surface area contributed by atoms with Gasteiger partial charge in [-0.05, 0) is 30.0 Å². The number of carbonyl (C=O) groups excluding carboxylic acids is 1. The summed E-state index contributed by atoms with van der Waals surface area (Å²) in [6, 6.07) is 5.09. The van der Waals surface area contributed by atoms with Crippen molar-refractivity contribution in [1.29, 1.82) is 0 Å². The zero-order chi connectivity index (χ0) is 17.2. The topological polar surface area (TPSA) is 84.5 Å². The van der Waals surface area contributed by atoms with E-state index in [1.807, 2.05) is 19.9 Å². The van der Waals surface area contributed by atoms with Crippen molar-refractivity contribution in [2.75, 3.05) is 13.4 Å². The molecular weight excluding hydrogens is 316 g/mol. The molecule has 0 radical (unpaired) electrons. The van der Waals surface area contributed by atoms with Crippen LogP contribution in [0, 0.1) is 5.92 Å². The minimum atomic E-state index is -3.44. The number of methoxy groups -OCH3 is 1. The van der Waals surface area contributed by atoms with Crippen LogP contribution >= 0.6 is 0 Å². The van der Waals surface area contributed by atoms with Crippen molar-refractivity contribution in [2.45, 2.75) is 31.2 Å². The van der Waals surface area contributed by atoms with E-state index < -0.39 is 9.84 Å². The first-order valence-electron chi connectivity index (χ1n) is 7.34. The van der Waals surface area contributed by atoms with Crippen molar-refractivity contribution in [3.63, 3.8) is 0 Å². The molecule has 1 heterocycles. The third kappa shape index (κ3) is 3.92. The predicted molar refractivity (Wildman–Crippen MR) is 88.6 cm³/mol. The van der Waals surface area contributed by atoms with E-state index in [1.54, 1.807) is 18.2 Å². The summed E-state index contributed by atoms with van der Waals surface area (Å²) in [7, 11) is -1.99. The molecule has 1 saturated heterocycles. The SMILES string of the molecule is COc1cccc(/C(C)=C/C2NNC(=O)CC2C)c1S(C)(=O)=O. The number of hydrogen-bond acceptors (Lipinski definition) is 5. The quantitative estimate of drug-likeness (QED) is 0.870. The zero-order valence-corrected chi connectivity index (χ0v) is 14.5. The molecule has 6 nitrogen and oxygen atoms in total. The lowest BCUT2D eigenvalue weighted by atomic mass is 9.93. The van der Waals surface area contributed by atoms with Gasteiger partial charge in [0.05, 0.1) is 7.11 Å². The average molecular weight is 338 g/mol. The van der Waals surface area contributed by atoms with Gasteiger partial charge in [-0.3, -0.25) is 10.2 Å². The van der Waals surface area contributed by atoms with Crippen LogP contribution in [-0.2, 0) is 14.6 Å². The fourth-order valence-electron chi connectivity index (χ4n) is 2.71. The summed E-state index contributed by atoms with van der Waals surface area (Å²) in [5.74, 6) is 0.403. The molecule has 2 unspecified atom stereocenters. The number of hydrogen-bond donors (Lipinski definition) is 2. The number of sulfone groups is 1. The summed E-state index contributed by atoms with van der Waals surface area (Å²) >= 11 is 0. The summed E-state index contributed by atoms with van der Waals surface area (Å²) in [6.07, 6.45) is 3.54. The molecule has 2 rings (SSSR count). The lowest BCUT2D eigenvalue weighted by Crippen LogP contribution is -2.52. The fourth-order valence-corrected chi connectivity index (χ4v) is 3.86. The van der Waals surface area contributed by atoms with Gasteiger partial charge in [-0.15, -0.1) is 0 Å². The second-order valence-electron chi connectivity index (χ2n) is 5.86. The molecule has 126 valence electrons. The average Bonchev–Trinajstić information content (AvgIpc) is 2.48. The third-order valence-electron chi connectivity index (χ3n) is 3.92. The van der Waals surface area contributed by atoms with Crippen LogP contribution in [0.1, 0.15) is 25.8 Å². The molecule has 1 amide bonds. The lowest BCUT2D eigenvalue weighted by Gasteiger charge is -2.28. The van der Waals surface area contributed by atoms with Gasteiger partial charge in [0.25, 0.3) is 0 Å². The zero-order valence-electron chi connectivity index (χ0n) is 13.7. The maximum atomic E-state index is 12.2. The molecule has 0 aliphatic carbocycles. The normalized spacial score (nSPS) is 22.6. The monoisotopic (exact) mass is 338 g/mol. The van der Waals surface area contributed by atoms with Crippen LogP contribution in [0.3, 0.4) is 0 Å². The predicted octanol–water partition coefficient (Wildman–Crippen LogP) is 1.53. The molecule has 2 N–H and O–H groups in total. The molecule has 1 aliphatic rings. The molecule has 0 aromatic heterocycles. The van der Waals surface area contributed by atoms with Crippen LogP contribution in [0.25, 0.3) is 5.57 Å². The Morgan fingerprint density at radius 3 is 2.65 bits per heavy atom. The Morgan fingerprint density at radius 1 is 1.39 bits per heavy atom. The molecule has 0 spiro atoms. The van der Waals surface area contributed by atoms with E-state index in [-0.39, 0.29) is 22.8 Å². The molecule has 1 aromatic carbocycles. The molecular formula is C16H22N2O4S. The van der Waals surface area contributed by atoms with E-state index in [1.165, 1.54) is 13.4 Å². The molecule has 7 heteroatoms. The van der Waals surface area contributed by atoms with Crippen molar-refractivity contribution in [3.05, 3.63) is 29.8 Å². The molecule has 2 atom stereocenters. The van der Waals surface area contributed by atoms with Crippen LogP contribution in [-0.4, -0.2) is 33.7 Å². The van der Waals surface area contributed by atoms with Gasteiger partial charge in [-0.25, -0.2) is 13.8 Å². The highest BCUT2D eigenvalue weighted by Crippen LogP contribution is 2.32. The Morgan fingerprint density at radius 2 is 2.09 bits per heavy atom. The van der Waals surface area contributed by atoms with E-state index in [0.717, 1.165) is 5.57 Å². The number of ether oxygens (including phenoxy) is 1. The van der Waals surface area contributed by atoms with E-state index in [9.17, 15) is 13.2 Å². The van der Waals surface area contributed by atoms with Crippen molar-refractivity contribution in [1.82, 2.24) is 10.9 Å². The molecule has 0 saturated carbocycles. The summed E-state index contributed by atoms with van der Waals surface area (Å²) in [5.41, 5.74) is 6.98. The van der Waals surface area contributed by atoms with Crippen molar-refractivity contribution < 1.29 is 17.9 Å². The Bertz CT molecular complexity index is 740. The first-order chi connectivity index (χ1) is 10.7. The van der Waals surface area contributed by atoms with Crippen LogP contribution in [0.15, 0.2) is 29.2 Å². The second-order valence-corrected chi connectivity index (χ2v) is 7.81. The van der Waals surface area contributed by atoms with Gasteiger partial charge in [0, 0.05) is 18.7 Å². The Labute approximate surface area is 136 Å². The molecule has 23 heavy (non-hydrogen) atoms. The van der Waals surface area contributed by atoms with E-state index in [2.05, 4.69) is 10.9 Å². The minimum Gasteiger partial charge on any atom is -0.495 e. The number of carbonyl (C=O) groups is 1. The number of nitrogens with one attached hydrogen (secondary N) is 2. The Hall–Kier alpha value is -1.86. The third-order valence-corrected chi connectivity index (χ3v) is 5.09. The Kier molecular flexibility index (Phi) is 5.11. The summed E-state index contributed by atoms with van der Waals surface area (Å²) in [4.78, 5) is 11.5. The first kappa shape index (κ1) is 17.5. The van der Waals surface area contributed by atoms with Crippen LogP contribution in [0.4, 0.5) is 0 Å². The maximum absolute atomic E-state index is 12.2. The maximum Gasteiger partial charge on any atom is 0.234 e. The van der Waals surface area contributed by atoms with E-state index in [0.29, 0.717) is 17.7 Å². The van der Waals surface area contributed by atoms with Crippen LogP contribution in [0.5, 0.6) is 5.75 Å². The molecule has 1 aromatic rings. The van der Waals surface area contributed by atoms with Crippen LogP contribution in [0.2, 0.25) is 0 Å². The number of amides is 1. The highest BCUT2D eigenvalue weighted by Gasteiger charge is 2.25. The lowest BCUT2D eigenvalue weighted by molar-refractivity contribution is -0.125. The van der Waals surface area contributed by atoms with Gasteiger partial charge in [-0.1, -0.05) is 25.1 Å². The fraction of sp³-hybridized carbons (Fsp3) is 0.438. The first-order valence-corrected chi connectivity index (χ1v) is 9.23. The largest absolute Gasteiger partial charge is 0.495 e. The highest BCUT2D eigenvalue weighted by atomic mass is 32.2. The van der Waals surface area contributed by atoms with Crippen LogP contribution < -0.4 is 15.6 Å².